The van der Waals surface area contributed by atoms with E-state index in [1.54, 1.807) is 6.07 Å². The lowest BCUT2D eigenvalue weighted by atomic mass is 10.1. The monoisotopic (exact) mass is 343 g/mol. The summed E-state index contributed by atoms with van der Waals surface area (Å²) in [4.78, 5) is 24.9. The van der Waals surface area contributed by atoms with Gasteiger partial charge in [0.25, 0.3) is 5.56 Å². The summed E-state index contributed by atoms with van der Waals surface area (Å²) in [5.41, 5.74) is 5.07. The van der Waals surface area contributed by atoms with Crippen LogP contribution in [0.5, 0.6) is 0 Å². The maximum absolute atomic E-state index is 12.6. The molecule has 4 heterocycles. The number of hydrogen-bond acceptors (Lipinski definition) is 4. The molecule has 1 aliphatic rings. The highest BCUT2D eigenvalue weighted by atomic mass is 16.1. The van der Waals surface area contributed by atoms with Crippen LogP contribution in [0.4, 0.5) is 0 Å². The number of H-pyrrole nitrogens is 1. The molecule has 1 aromatic carbocycles. The predicted octanol–water partition coefficient (Wildman–Crippen LogP) is 3.10. The van der Waals surface area contributed by atoms with Gasteiger partial charge in [0.05, 0.1) is 27.9 Å². The molecule has 0 aliphatic carbocycles. The van der Waals surface area contributed by atoms with Gasteiger partial charge in [0.15, 0.2) is 0 Å². The van der Waals surface area contributed by atoms with Crippen molar-refractivity contribution in [2.45, 2.75) is 26.3 Å². The highest BCUT2D eigenvalue weighted by molar-refractivity contribution is 5.83. The standard InChI is InChI=1S/C20H17N5O/c1-12-6-4-9-15(21-12)18-17(16-10-5-11-25(16)24-18)19-22-14-8-3-2-7-13(14)20(26)23-19/h2-4,6-9H,5,10-11H2,1H3,(H,22,23,26). The summed E-state index contributed by atoms with van der Waals surface area (Å²) in [6.45, 7) is 2.84. The van der Waals surface area contributed by atoms with E-state index >= 15 is 0 Å². The Morgan fingerprint density at radius 1 is 1.08 bits per heavy atom. The Balaban J connectivity index is 1.81. The molecule has 0 spiro atoms. The first-order valence-electron chi connectivity index (χ1n) is 8.74. The first-order valence-corrected chi connectivity index (χ1v) is 8.74. The fourth-order valence-corrected chi connectivity index (χ4v) is 3.64. The lowest BCUT2D eigenvalue weighted by Crippen LogP contribution is -2.10. The maximum atomic E-state index is 12.6. The molecule has 0 saturated carbocycles. The molecular weight excluding hydrogens is 326 g/mol. The Labute approximate surface area is 149 Å². The number of para-hydroxylation sites is 1. The average Bonchev–Trinajstić information content (AvgIpc) is 3.22. The summed E-state index contributed by atoms with van der Waals surface area (Å²) >= 11 is 0. The molecule has 0 amide bonds. The number of aromatic nitrogens is 5. The molecular formula is C20H17N5O. The van der Waals surface area contributed by atoms with Crippen LogP contribution < -0.4 is 5.56 Å². The second-order valence-corrected chi connectivity index (χ2v) is 6.59. The van der Waals surface area contributed by atoms with Crippen molar-refractivity contribution in [3.8, 4) is 22.8 Å². The maximum Gasteiger partial charge on any atom is 0.259 e. The van der Waals surface area contributed by atoms with E-state index in [2.05, 4.69) is 9.97 Å². The Morgan fingerprint density at radius 2 is 1.96 bits per heavy atom. The van der Waals surface area contributed by atoms with Crippen LogP contribution in [0.25, 0.3) is 33.7 Å². The Bertz CT molecular complexity index is 1200. The van der Waals surface area contributed by atoms with Gasteiger partial charge >= 0.3 is 0 Å². The fourth-order valence-electron chi connectivity index (χ4n) is 3.64. The van der Waals surface area contributed by atoms with E-state index in [1.165, 1.54) is 0 Å². The summed E-state index contributed by atoms with van der Waals surface area (Å²) in [5, 5.41) is 5.37. The van der Waals surface area contributed by atoms with Crippen molar-refractivity contribution in [3.05, 3.63) is 64.2 Å². The fraction of sp³-hybridized carbons (Fsp3) is 0.200. The topological polar surface area (TPSA) is 76.5 Å². The normalized spacial score (nSPS) is 13.3. The van der Waals surface area contributed by atoms with Crippen LogP contribution in [0.15, 0.2) is 47.3 Å². The zero-order valence-electron chi connectivity index (χ0n) is 14.4. The van der Waals surface area contributed by atoms with Crippen LogP contribution in [0.2, 0.25) is 0 Å². The highest BCUT2D eigenvalue weighted by Crippen LogP contribution is 2.35. The zero-order valence-corrected chi connectivity index (χ0v) is 14.4. The van der Waals surface area contributed by atoms with Crippen molar-refractivity contribution in [3.63, 3.8) is 0 Å². The van der Waals surface area contributed by atoms with Crippen LogP contribution >= 0.6 is 0 Å². The SMILES string of the molecule is Cc1cccc(-c2nn3c(c2-c2nc4ccccc4c(=O)[nH]2)CCC3)n1. The van der Waals surface area contributed by atoms with Crippen LogP contribution in [-0.2, 0) is 13.0 Å². The molecule has 1 N–H and O–H groups in total. The predicted molar refractivity (Wildman–Crippen MR) is 99.9 cm³/mol. The van der Waals surface area contributed by atoms with Gasteiger partial charge in [0.1, 0.15) is 11.5 Å². The second kappa shape index (κ2) is 5.62. The number of aryl methyl sites for hydroxylation is 2. The van der Waals surface area contributed by atoms with Gasteiger partial charge in [-0.25, -0.2) is 4.98 Å². The molecule has 0 radical (unpaired) electrons. The van der Waals surface area contributed by atoms with Crippen LogP contribution in [0, 0.1) is 6.92 Å². The number of pyridine rings is 1. The number of fused-ring (bicyclic) bond motifs is 2. The molecule has 26 heavy (non-hydrogen) atoms. The van der Waals surface area contributed by atoms with Crippen molar-refractivity contribution in [2.24, 2.45) is 0 Å². The Kier molecular flexibility index (Phi) is 3.25. The molecule has 128 valence electrons. The molecule has 0 unspecified atom stereocenters. The third kappa shape index (κ3) is 2.26. The summed E-state index contributed by atoms with van der Waals surface area (Å²) in [6, 6.07) is 13.3. The molecule has 6 nitrogen and oxygen atoms in total. The minimum Gasteiger partial charge on any atom is -0.306 e. The van der Waals surface area contributed by atoms with Gasteiger partial charge in [-0.05, 0) is 44.0 Å². The van der Waals surface area contributed by atoms with E-state index < -0.39 is 0 Å². The van der Waals surface area contributed by atoms with Gasteiger partial charge in [0, 0.05) is 12.2 Å². The first kappa shape index (κ1) is 15.0. The number of rotatable bonds is 2. The minimum atomic E-state index is -0.133. The third-order valence-corrected chi connectivity index (χ3v) is 4.82. The number of benzene rings is 1. The van der Waals surface area contributed by atoms with E-state index in [0.717, 1.165) is 47.7 Å². The van der Waals surface area contributed by atoms with Gasteiger partial charge in [-0.3, -0.25) is 14.5 Å². The van der Waals surface area contributed by atoms with Gasteiger partial charge in [-0.2, -0.15) is 5.10 Å². The van der Waals surface area contributed by atoms with Crippen LogP contribution in [-0.4, -0.2) is 24.7 Å². The van der Waals surface area contributed by atoms with Crippen molar-refractivity contribution >= 4 is 10.9 Å². The minimum absolute atomic E-state index is 0.133. The summed E-state index contributed by atoms with van der Waals surface area (Å²) in [7, 11) is 0. The molecule has 6 heteroatoms. The third-order valence-electron chi connectivity index (χ3n) is 4.82. The first-order chi connectivity index (χ1) is 12.7. The number of hydrogen-bond donors (Lipinski definition) is 1. The van der Waals surface area contributed by atoms with Crippen LogP contribution in [0.3, 0.4) is 0 Å². The van der Waals surface area contributed by atoms with Crippen molar-refractivity contribution < 1.29 is 0 Å². The molecule has 0 saturated heterocycles. The summed E-state index contributed by atoms with van der Waals surface area (Å²) < 4.78 is 2.02. The molecule has 4 aromatic rings. The van der Waals surface area contributed by atoms with E-state index in [4.69, 9.17) is 10.1 Å². The number of nitrogens with zero attached hydrogens (tertiary/aromatic N) is 4. The molecule has 3 aromatic heterocycles. The highest BCUT2D eigenvalue weighted by Gasteiger charge is 2.26. The van der Waals surface area contributed by atoms with Gasteiger partial charge in [-0.15, -0.1) is 0 Å². The number of nitrogens with one attached hydrogen (secondary N) is 1. The van der Waals surface area contributed by atoms with E-state index in [1.807, 2.05) is 48.0 Å². The van der Waals surface area contributed by atoms with Crippen molar-refractivity contribution in [1.29, 1.82) is 0 Å². The molecule has 1 aliphatic heterocycles. The zero-order chi connectivity index (χ0) is 17.7. The smallest absolute Gasteiger partial charge is 0.259 e. The lowest BCUT2D eigenvalue weighted by molar-refractivity contribution is 0.658. The quantitative estimate of drug-likeness (QED) is 0.607. The summed E-state index contributed by atoms with van der Waals surface area (Å²) in [6.07, 6.45) is 1.97. The average molecular weight is 343 g/mol. The van der Waals surface area contributed by atoms with Gasteiger partial charge in [0.2, 0.25) is 0 Å². The summed E-state index contributed by atoms with van der Waals surface area (Å²) in [5.74, 6) is 0.565. The van der Waals surface area contributed by atoms with Crippen molar-refractivity contribution in [2.75, 3.05) is 0 Å². The van der Waals surface area contributed by atoms with Crippen molar-refractivity contribution in [1.82, 2.24) is 24.7 Å². The molecule has 0 bridgehead atoms. The van der Waals surface area contributed by atoms with Gasteiger partial charge < -0.3 is 4.98 Å². The van der Waals surface area contributed by atoms with E-state index in [0.29, 0.717) is 16.7 Å². The van der Waals surface area contributed by atoms with Gasteiger partial charge in [-0.1, -0.05) is 18.2 Å². The molecule has 5 rings (SSSR count). The number of aromatic amines is 1. The largest absolute Gasteiger partial charge is 0.306 e. The molecule has 0 atom stereocenters. The van der Waals surface area contributed by atoms with Crippen LogP contribution in [0.1, 0.15) is 17.8 Å². The molecule has 0 fully saturated rings. The lowest BCUT2D eigenvalue weighted by Gasteiger charge is -2.06. The Morgan fingerprint density at radius 3 is 2.85 bits per heavy atom. The Hall–Kier alpha value is -3.28. The van der Waals surface area contributed by atoms with E-state index in [-0.39, 0.29) is 5.56 Å². The van der Waals surface area contributed by atoms with E-state index in [9.17, 15) is 4.79 Å². The second-order valence-electron chi connectivity index (χ2n) is 6.59.